The summed E-state index contributed by atoms with van der Waals surface area (Å²) in [4.78, 5) is 0. The molecule has 4 heteroatoms. The fourth-order valence-corrected chi connectivity index (χ4v) is 4.53. The zero-order valence-electron chi connectivity index (χ0n) is 16.3. The summed E-state index contributed by atoms with van der Waals surface area (Å²) < 4.78 is 43.1. The topological polar surface area (TPSA) is 23.8 Å². The van der Waals surface area contributed by atoms with Crippen LogP contribution in [0.3, 0.4) is 0 Å². The first-order valence-electron chi connectivity index (χ1n) is 10.1. The van der Waals surface area contributed by atoms with Crippen molar-refractivity contribution in [3.63, 3.8) is 0 Å². The number of hydrogen-bond acceptors (Lipinski definition) is 1. The second-order valence-corrected chi connectivity index (χ2v) is 7.96. The number of benzene rings is 3. The highest BCUT2D eigenvalue weighted by molar-refractivity contribution is 5.89. The molecule has 0 aliphatic heterocycles. The summed E-state index contributed by atoms with van der Waals surface area (Å²) in [6, 6.07) is 12.6. The maximum atomic E-state index is 15.2. The van der Waals surface area contributed by atoms with Crippen LogP contribution in [-0.4, -0.2) is 0 Å². The summed E-state index contributed by atoms with van der Waals surface area (Å²) in [6.07, 6.45) is 6.03. The zero-order valence-corrected chi connectivity index (χ0v) is 16.3. The second-order valence-electron chi connectivity index (χ2n) is 7.96. The van der Waals surface area contributed by atoms with Gasteiger partial charge in [-0.3, -0.25) is 0 Å². The fraction of sp³-hybridized carbons (Fsp3) is 0.320. The van der Waals surface area contributed by atoms with E-state index in [1.165, 1.54) is 30.9 Å². The summed E-state index contributed by atoms with van der Waals surface area (Å²) in [5, 5.41) is 10.0. The largest absolute Gasteiger partial charge is 0.206 e. The van der Waals surface area contributed by atoms with Gasteiger partial charge < -0.3 is 0 Å². The Morgan fingerprint density at radius 2 is 1.62 bits per heavy atom. The zero-order chi connectivity index (χ0) is 20.5. The minimum absolute atomic E-state index is 0.0837. The van der Waals surface area contributed by atoms with Gasteiger partial charge in [-0.15, -0.1) is 0 Å². The molecule has 4 rings (SSSR count). The molecule has 0 radical (unpaired) electrons. The third-order valence-corrected chi connectivity index (χ3v) is 6.34. The van der Waals surface area contributed by atoms with Crippen LogP contribution < -0.4 is 0 Å². The molecule has 1 fully saturated rings. The summed E-state index contributed by atoms with van der Waals surface area (Å²) >= 11 is 0. The lowest BCUT2D eigenvalue weighted by atomic mass is 9.77. The maximum absolute atomic E-state index is 15.2. The predicted molar refractivity (Wildman–Crippen MR) is 109 cm³/mol. The van der Waals surface area contributed by atoms with E-state index in [0.717, 1.165) is 36.3 Å². The number of nitrogens with zero attached hydrogens (tertiary/aromatic N) is 1. The first-order valence-corrected chi connectivity index (χ1v) is 10.1. The number of fused-ring (bicyclic) bond motifs is 1. The van der Waals surface area contributed by atoms with E-state index in [4.69, 9.17) is 5.26 Å². The number of nitriles is 1. The molecule has 1 nitrogen and oxygen atoms in total. The van der Waals surface area contributed by atoms with Gasteiger partial charge in [0.05, 0.1) is 0 Å². The van der Waals surface area contributed by atoms with E-state index in [9.17, 15) is 8.78 Å². The quantitative estimate of drug-likeness (QED) is 0.452. The van der Waals surface area contributed by atoms with Crippen molar-refractivity contribution in [3.05, 3.63) is 71.0 Å². The van der Waals surface area contributed by atoms with E-state index in [1.54, 1.807) is 18.2 Å². The first kappa shape index (κ1) is 19.5. The smallest absolute Gasteiger partial charge is 0.144 e. The van der Waals surface area contributed by atoms with Crippen LogP contribution in [-0.2, 0) is 0 Å². The molecule has 0 spiro atoms. The van der Waals surface area contributed by atoms with E-state index in [-0.39, 0.29) is 11.1 Å². The van der Waals surface area contributed by atoms with Crippen LogP contribution in [0.2, 0.25) is 0 Å². The van der Waals surface area contributed by atoms with Crippen molar-refractivity contribution in [1.29, 1.82) is 5.26 Å². The molecule has 1 aliphatic carbocycles. The third-order valence-electron chi connectivity index (χ3n) is 6.34. The van der Waals surface area contributed by atoms with Gasteiger partial charge in [-0.25, -0.2) is 13.2 Å². The van der Waals surface area contributed by atoms with E-state index in [1.807, 2.05) is 12.1 Å². The van der Waals surface area contributed by atoms with Crippen LogP contribution >= 0.6 is 0 Å². The van der Waals surface area contributed by atoms with Gasteiger partial charge in [0.15, 0.2) is 0 Å². The highest BCUT2D eigenvalue weighted by Gasteiger charge is 2.22. The molecule has 0 aromatic heterocycles. The van der Waals surface area contributed by atoms with Crippen LogP contribution in [0.4, 0.5) is 13.2 Å². The molecule has 0 heterocycles. The number of hydrogen-bond donors (Lipinski definition) is 0. The molecule has 0 amide bonds. The van der Waals surface area contributed by atoms with Crippen LogP contribution in [0.15, 0.2) is 42.5 Å². The SMILES string of the molecule is CCC1CCC(c2ccc3c(F)c(-c4cc(F)c(C#N)c(F)c4)ccc3c2)CC1. The van der Waals surface area contributed by atoms with Gasteiger partial charge in [0.2, 0.25) is 0 Å². The Balaban J connectivity index is 1.70. The Hall–Kier alpha value is -2.80. The normalized spacial score (nSPS) is 19.3. The Labute approximate surface area is 168 Å². The van der Waals surface area contributed by atoms with Crippen molar-refractivity contribution in [2.24, 2.45) is 5.92 Å². The van der Waals surface area contributed by atoms with Crippen LogP contribution in [0.5, 0.6) is 0 Å². The van der Waals surface area contributed by atoms with Crippen LogP contribution in [0, 0.1) is 34.7 Å². The monoisotopic (exact) mass is 393 g/mol. The molecule has 3 aromatic carbocycles. The van der Waals surface area contributed by atoms with Gasteiger partial charge in [0.25, 0.3) is 0 Å². The summed E-state index contributed by atoms with van der Waals surface area (Å²) in [6.45, 7) is 2.24. The fourth-order valence-electron chi connectivity index (χ4n) is 4.53. The van der Waals surface area contributed by atoms with Crippen molar-refractivity contribution >= 4 is 10.8 Å². The number of halogens is 3. The molecular formula is C25H22F3N. The van der Waals surface area contributed by atoms with E-state index < -0.39 is 23.0 Å². The molecule has 3 aromatic rings. The lowest BCUT2D eigenvalue weighted by Gasteiger charge is -2.28. The maximum Gasteiger partial charge on any atom is 0.144 e. The van der Waals surface area contributed by atoms with E-state index in [2.05, 4.69) is 6.92 Å². The summed E-state index contributed by atoms with van der Waals surface area (Å²) in [5.74, 6) is -1.15. The van der Waals surface area contributed by atoms with Gasteiger partial charge in [-0.2, -0.15) is 5.26 Å². The standard InChI is InChI=1S/C25H22F3N/c1-2-15-3-5-16(6-4-15)17-7-9-20-18(11-17)8-10-21(25(20)28)19-12-23(26)22(14-29)24(27)13-19/h7-13,15-16H,2-6H2,1H3. The average molecular weight is 393 g/mol. The van der Waals surface area contributed by atoms with Crippen molar-refractivity contribution in [2.75, 3.05) is 0 Å². The molecule has 1 saturated carbocycles. The van der Waals surface area contributed by atoms with Crippen LogP contribution in [0.25, 0.3) is 21.9 Å². The van der Waals surface area contributed by atoms with Gasteiger partial charge in [-0.1, -0.05) is 43.7 Å². The lowest BCUT2D eigenvalue weighted by molar-refractivity contribution is 0.319. The lowest BCUT2D eigenvalue weighted by Crippen LogP contribution is -2.12. The first-order chi connectivity index (χ1) is 14.0. The van der Waals surface area contributed by atoms with Gasteiger partial charge >= 0.3 is 0 Å². The van der Waals surface area contributed by atoms with E-state index >= 15 is 4.39 Å². The average Bonchev–Trinajstić information content (AvgIpc) is 2.73. The molecule has 0 N–H and O–H groups in total. The highest BCUT2D eigenvalue weighted by Crippen LogP contribution is 2.39. The molecule has 0 saturated heterocycles. The van der Waals surface area contributed by atoms with Crippen molar-refractivity contribution in [2.45, 2.75) is 44.9 Å². The summed E-state index contributed by atoms with van der Waals surface area (Å²) in [5.41, 5.74) is 0.781. The molecular weight excluding hydrogens is 371 g/mol. The Morgan fingerprint density at radius 1 is 0.931 bits per heavy atom. The Kier molecular flexibility index (Phi) is 5.32. The summed E-state index contributed by atoms with van der Waals surface area (Å²) in [7, 11) is 0. The molecule has 29 heavy (non-hydrogen) atoms. The van der Waals surface area contributed by atoms with Crippen molar-refractivity contribution in [1.82, 2.24) is 0 Å². The van der Waals surface area contributed by atoms with Gasteiger partial charge in [-0.05, 0) is 66.2 Å². The number of rotatable bonds is 3. The molecule has 0 atom stereocenters. The third kappa shape index (κ3) is 3.62. The van der Waals surface area contributed by atoms with Gasteiger partial charge in [0.1, 0.15) is 29.1 Å². The van der Waals surface area contributed by atoms with Crippen molar-refractivity contribution in [3.8, 4) is 17.2 Å². The van der Waals surface area contributed by atoms with Gasteiger partial charge in [0, 0.05) is 10.9 Å². The second kappa shape index (κ2) is 7.91. The molecule has 0 bridgehead atoms. The predicted octanol–water partition coefficient (Wildman–Crippen LogP) is 7.48. The minimum atomic E-state index is -0.986. The molecule has 148 valence electrons. The molecule has 1 aliphatic rings. The van der Waals surface area contributed by atoms with Crippen LogP contribution in [0.1, 0.15) is 56.1 Å². The van der Waals surface area contributed by atoms with Crippen molar-refractivity contribution < 1.29 is 13.2 Å². The van der Waals surface area contributed by atoms with E-state index in [0.29, 0.717) is 11.3 Å². The highest BCUT2D eigenvalue weighted by atomic mass is 19.1. The Bertz CT molecular complexity index is 1080. The Morgan fingerprint density at radius 3 is 2.24 bits per heavy atom. The molecule has 0 unspecified atom stereocenters. The minimum Gasteiger partial charge on any atom is -0.206 e.